The van der Waals surface area contributed by atoms with Crippen molar-refractivity contribution in [3.05, 3.63) is 87.9 Å². The van der Waals surface area contributed by atoms with E-state index in [1.807, 2.05) is 30.3 Å². The summed E-state index contributed by atoms with van der Waals surface area (Å²) in [4.78, 5) is 29.5. The van der Waals surface area contributed by atoms with Crippen LogP contribution in [0.2, 0.25) is 0 Å². The lowest BCUT2D eigenvalue weighted by Crippen LogP contribution is -2.22. The Morgan fingerprint density at radius 1 is 0.939 bits per heavy atom. The number of fused-ring (bicyclic) bond motifs is 4. The Kier molecular flexibility index (Phi) is 3.38. The molecule has 4 aromatic rings. The van der Waals surface area contributed by atoms with Gasteiger partial charge in [0.1, 0.15) is 17.9 Å². The predicted octanol–water partition coefficient (Wildman–Crippen LogP) is 2.75. The highest BCUT2D eigenvalue weighted by atomic mass is 16.5. The molecule has 1 aromatic heterocycles. The maximum absolute atomic E-state index is 12.7. The molecule has 0 bridgehead atoms. The van der Waals surface area contributed by atoms with Crippen LogP contribution in [0.5, 0.6) is 11.7 Å². The average molecular weight is 434 g/mol. The average Bonchev–Trinajstić information content (AvgIpc) is 3.52. The number of hydrogen-bond acceptors (Lipinski definition) is 5. The molecule has 0 saturated carbocycles. The molecule has 2 N–H and O–H groups in total. The van der Waals surface area contributed by atoms with Crippen LogP contribution in [0.3, 0.4) is 0 Å². The zero-order valence-corrected chi connectivity index (χ0v) is 17.0. The summed E-state index contributed by atoms with van der Waals surface area (Å²) in [6.45, 7) is 0.230. The van der Waals surface area contributed by atoms with Crippen LogP contribution >= 0.6 is 0 Å². The molecule has 0 fully saturated rings. The third kappa shape index (κ3) is 2.36. The van der Waals surface area contributed by atoms with Gasteiger partial charge < -0.3 is 19.6 Å². The number of aromatic hydroxyl groups is 1. The molecule has 3 aliphatic rings. The summed E-state index contributed by atoms with van der Waals surface area (Å²) >= 11 is 0. The van der Waals surface area contributed by atoms with Gasteiger partial charge in [-0.05, 0) is 24.3 Å². The molecular weight excluding hydrogens is 420 g/mol. The van der Waals surface area contributed by atoms with Crippen molar-refractivity contribution in [2.24, 2.45) is 4.99 Å². The summed E-state index contributed by atoms with van der Waals surface area (Å²) in [6.07, 6.45) is 0. The molecule has 0 spiro atoms. The summed E-state index contributed by atoms with van der Waals surface area (Å²) in [5, 5.41) is 15.3. The minimum absolute atomic E-state index is 0.184. The van der Waals surface area contributed by atoms with Crippen molar-refractivity contribution in [2.75, 3.05) is 11.9 Å². The van der Waals surface area contributed by atoms with Gasteiger partial charge in [0.15, 0.2) is 0 Å². The van der Waals surface area contributed by atoms with E-state index in [0.29, 0.717) is 44.0 Å². The van der Waals surface area contributed by atoms with Gasteiger partial charge in [-0.15, -0.1) is 0 Å². The number of rotatable bonds is 1. The summed E-state index contributed by atoms with van der Waals surface area (Å²) < 4.78 is 11.6. The second-order valence-electron chi connectivity index (χ2n) is 8.08. The number of carbonyl (C=O) groups is 2. The highest BCUT2D eigenvalue weighted by Gasteiger charge is 2.33. The molecule has 0 atom stereocenters. The van der Waals surface area contributed by atoms with Crippen molar-refractivity contribution in [1.82, 2.24) is 0 Å². The molecule has 3 aliphatic heterocycles. The van der Waals surface area contributed by atoms with Gasteiger partial charge in [-0.3, -0.25) is 9.59 Å². The molecule has 0 unspecified atom stereocenters. The lowest BCUT2D eigenvalue weighted by atomic mass is 9.95. The Labute approximate surface area is 185 Å². The molecule has 3 aromatic carbocycles. The van der Waals surface area contributed by atoms with Gasteiger partial charge in [0.25, 0.3) is 17.8 Å². The van der Waals surface area contributed by atoms with Crippen LogP contribution in [0.4, 0.5) is 5.69 Å². The first-order valence-electron chi connectivity index (χ1n) is 10.4. The fourth-order valence-electron chi connectivity index (χ4n) is 4.86. The second-order valence-corrected chi connectivity index (χ2v) is 8.08. The lowest BCUT2D eigenvalue weighted by Gasteiger charge is -2.03. The number of carbonyl (C=O) groups excluding carboxylic acids is 2. The Morgan fingerprint density at radius 2 is 1.76 bits per heavy atom. The number of benzene rings is 3. The summed E-state index contributed by atoms with van der Waals surface area (Å²) in [5.74, 6) is -0.420. The third-order valence-electron chi connectivity index (χ3n) is 6.30. The van der Waals surface area contributed by atoms with Crippen LogP contribution in [0.15, 0.2) is 70.1 Å². The van der Waals surface area contributed by atoms with Crippen LogP contribution in [0, 0.1) is 0 Å². The molecule has 7 heteroatoms. The van der Waals surface area contributed by atoms with Crippen molar-refractivity contribution in [1.29, 1.82) is 0 Å². The van der Waals surface area contributed by atoms with Gasteiger partial charge in [-0.2, -0.15) is 0 Å². The first-order chi connectivity index (χ1) is 16.1. The fourth-order valence-corrected chi connectivity index (χ4v) is 4.86. The molecule has 7 nitrogen and oxygen atoms in total. The molecule has 7 rings (SSSR count). The number of nitrogens with zero attached hydrogens (tertiary/aromatic N) is 1. The van der Waals surface area contributed by atoms with E-state index in [4.69, 9.17) is 9.15 Å². The molecule has 0 radical (unpaired) electrons. The maximum Gasteiger partial charge on any atom is 0.291 e. The first-order valence-corrected chi connectivity index (χ1v) is 10.4. The molecular formula is C26H14N2O5. The Bertz CT molecular complexity index is 1740. The van der Waals surface area contributed by atoms with Gasteiger partial charge in [-0.1, -0.05) is 36.4 Å². The summed E-state index contributed by atoms with van der Waals surface area (Å²) in [7, 11) is 0. The maximum atomic E-state index is 12.7. The van der Waals surface area contributed by atoms with Gasteiger partial charge in [0.2, 0.25) is 0 Å². The van der Waals surface area contributed by atoms with Crippen molar-refractivity contribution >= 4 is 45.2 Å². The van der Waals surface area contributed by atoms with Gasteiger partial charge in [-0.25, -0.2) is 4.99 Å². The van der Waals surface area contributed by atoms with Crippen molar-refractivity contribution in [2.45, 2.75) is 0 Å². The highest BCUT2D eigenvalue weighted by molar-refractivity contribution is 6.37. The summed E-state index contributed by atoms with van der Waals surface area (Å²) in [5.41, 5.74) is 4.59. The van der Waals surface area contributed by atoms with Crippen LogP contribution in [-0.4, -0.2) is 23.5 Å². The largest absolute Gasteiger partial charge is 0.488 e. The van der Waals surface area contributed by atoms with Crippen LogP contribution in [-0.2, 0) is 9.59 Å². The van der Waals surface area contributed by atoms with Crippen molar-refractivity contribution in [3.8, 4) is 11.7 Å². The predicted molar refractivity (Wildman–Crippen MR) is 120 cm³/mol. The summed E-state index contributed by atoms with van der Waals surface area (Å²) in [6, 6.07) is 18.2. The van der Waals surface area contributed by atoms with E-state index in [9.17, 15) is 14.7 Å². The molecule has 0 saturated heterocycles. The highest BCUT2D eigenvalue weighted by Crippen LogP contribution is 2.46. The Morgan fingerprint density at radius 3 is 2.67 bits per heavy atom. The minimum atomic E-state index is -0.433. The number of hydrogen-bond donors (Lipinski definition) is 2. The van der Waals surface area contributed by atoms with Crippen LogP contribution in [0.25, 0.3) is 27.7 Å². The quantitative estimate of drug-likeness (QED) is 0.449. The van der Waals surface area contributed by atoms with E-state index in [0.717, 1.165) is 22.4 Å². The number of para-hydroxylation sites is 2. The number of anilines is 1. The van der Waals surface area contributed by atoms with E-state index in [1.165, 1.54) is 0 Å². The van der Waals surface area contributed by atoms with Crippen LogP contribution in [0.1, 0.15) is 16.7 Å². The smallest absolute Gasteiger partial charge is 0.291 e. The molecule has 0 aliphatic carbocycles. The third-order valence-corrected chi connectivity index (χ3v) is 6.30. The zero-order chi connectivity index (χ0) is 22.3. The van der Waals surface area contributed by atoms with Crippen molar-refractivity contribution in [3.63, 3.8) is 0 Å². The van der Waals surface area contributed by atoms with Gasteiger partial charge >= 0.3 is 0 Å². The normalized spacial score (nSPS) is 18.1. The standard InChI is InChI=1S/C26H14N2O5/c29-24-21(12-5-1-3-7-17(12)27-24)16-11-32-19-10-15-20(9-14(16)19)33-26(31)23(15)22-13-6-2-4-8-18(13)28-25(22)30/h1-10,31H,11H2,(H,27,29)/b21-16-. The van der Waals surface area contributed by atoms with E-state index in [1.54, 1.807) is 30.3 Å². The Balaban J connectivity index is 1.47. The van der Waals surface area contributed by atoms with Crippen LogP contribution < -0.4 is 20.6 Å². The molecule has 2 amide bonds. The minimum Gasteiger partial charge on any atom is -0.488 e. The zero-order valence-electron chi connectivity index (χ0n) is 17.0. The van der Waals surface area contributed by atoms with E-state index < -0.39 is 5.91 Å². The monoisotopic (exact) mass is 434 g/mol. The number of furan rings is 1. The molecule has 33 heavy (non-hydrogen) atoms. The Hall–Kier alpha value is -4.65. The van der Waals surface area contributed by atoms with Gasteiger partial charge in [0, 0.05) is 33.0 Å². The topological polar surface area (TPSA) is 101 Å². The van der Waals surface area contributed by atoms with E-state index in [-0.39, 0.29) is 18.5 Å². The second kappa shape index (κ2) is 6.20. The number of amides is 2. The molecule has 158 valence electrons. The van der Waals surface area contributed by atoms with Gasteiger partial charge in [0.05, 0.1) is 22.1 Å². The SMILES string of the molecule is O=C1N=c2ccccc2=C1c1c(O)oc2cc3c(cc12)OC/C3=C1/C(=O)Nc2ccccc21. The van der Waals surface area contributed by atoms with Crippen molar-refractivity contribution < 1.29 is 23.8 Å². The number of nitrogens with one attached hydrogen (secondary N) is 1. The lowest BCUT2D eigenvalue weighted by molar-refractivity contribution is -0.112. The van der Waals surface area contributed by atoms with E-state index >= 15 is 0 Å². The first kappa shape index (κ1) is 18.0. The molecule has 4 heterocycles. The van der Waals surface area contributed by atoms with E-state index in [2.05, 4.69) is 10.3 Å². The number of ether oxygens (including phenoxy) is 1. The fraction of sp³-hybridized carbons (Fsp3) is 0.0385.